The van der Waals surface area contributed by atoms with E-state index in [2.05, 4.69) is 17.2 Å². The smallest absolute Gasteiger partial charge is 0.185 e. The standard InChI is InChI=1S/C13H14N2OS2/c1-10(16)18-9-5-4-7-11-6-2-3-8-12(11)15-13(14)17/h2-3,6,8H,5,9H2,1H3,(H3,14,15,17). The number of hydrogen-bond acceptors (Lipinski definition) is 3. The Bertz CT molecular complexity index is 503. The number of thiocarbonyl (C=S) groups is 1. The molecular weight excluding hydrogens is 264 g/mol. The first kappa shape index (κ1) is 14.6. The molecule has 0 unspecified atom stereocenters. The van der Waals surface area contributed by atoms with Crippen molar-refractivity contribution in [2.75, 3.05) is 11.1 Å². The number of nitrogens with two attached hydrogens (primary N) is 1. The molecule has 1 aromatic carbocycles. The highest BCUT2D eigenvalue weighted by Crippen LogP contribution is 2.13. The minimum Gasteiger partial charge on any atom is -0.376 e. The molecule has 3 N–H and O–H groups in total. The molecule has 1 rings (SSSR count). The summed E-state index contributed by atoms with van der Waals surface area (Å²) in [6.45, 7) is 1.56. The van der Waals surface area contributed by atoms with Gasteiger partial charge in [0.1, 0.15) is 0 Å². The molecule has 1 aromatic rings. The predicted molar refractivity (Wildman–Crippen MR) is 81.5 cm³/mol. The van der Waals surface area contributed by atoms with Crippen LogP contribution in [-0.2, 0) is 4.79 Å². The van der Waals surface area contributed by atoms with Gasteiger partial charge in [-0.1, -0.05) is 35.7 Å². The highest BCUT2D eigenvalue weighted by atomic mass is 32.2. The highest BCUT2D eigenvalue weighted by molar-refractivity contribution is 8.13. The molecule has 18 heavy (non-hydrogen) atoms. The summed E-state index contributed by atoms with van der Waals surface area (Å²) in [5.41, 5.74) is 7.08. The number of nitrogens with one attached hydrogen (secondary N) is 1. The van der Waals surface area contributed by atoms with E-state index >= 15 is 0 Å². The van der Waals surface area contributed by atoms with Crippen LogP contribution >= 0.6 is 24.0 Å². The summed E-state index contributed by atoms with van der Waals surface area (Å²) >= 11 is 6.08. The third kappa shape index (κ3) is 5.71. The van der Waals surface area contributed by atoms with Crippen molar-refractivity contribution in [3.8, 4) is 11.8 Å². The maximum atomic E-state index is 10.7. The van der Waals surface area contributed by atoms with Gasteiger partial charge in [0.2, 0.25) is 0 Å². The molecule has 0 atom stereocenters. The summed E-state index contributed by atoms with van der Waals surface area (Å²) in [5.74, 6) is 6.78. The SMILES string of the molecule is CC(=O)SCCC#Cc1ccccc1NC(N)=S. The second-order valence-corrected chi connectivity index (χ2v) is 5.14. The lowest BCUT2D eigenvalue weighted by molar-refractivity contribution is -0.109. The van der Waals surface area contributed by atoms with Gasteiger partial charge in [0.15, 0.2) is 10.2 Å². The number of anilines is 1. The molecule has 0 bridgehead atoms. The number of carbonyl (C=O) groups is 1. The van der Waals surface area contributed by atoms with E-state index in [1.807, 2.05) is 24.3 Å². The van der Waals surface area contributed by atoms with Crippen LogP contribution in [0.5, 0.6) is 0 Å². The number of hydrogen-bond donors (Lipinski definition) is 2. The summed E-state index contributed by atoms with van der Waals surface area (Å²) in [7, 11) is 0. The Balaban J connectivity index is 2.63. The molecule has 0 fully saturated rings. The topological polar surface area (TPSA) is 55.1 Å². The molecule has 0 aliphatic carbocycles. The lowest BCUT2D eigenvalue weighted by Crippen LogP contribution is -2.19. The van der Waals surface area contributed by atoms with E-state index in [4.69, 9.17) is 18.0 Å². The average molecular weight is 278 g/mol. The Kier molecular flexibility index (Phi) is 6.26. The van der Waals surface area contributed by atoms with Gasteiger partial charge in [0.25, 0.3) is 0 Å². The van der Waals surface area contributed by atoms with Crippen molar-refractivity contribution in [1.29, 1.82) is 0 Å². The minimum atomic E-state index is 0.118. The number of thioether (sulfide) groups is 1. The zero-order valence-electron chi connectivity index (χ0n) is 10.0. The van der Waals surface area contributed by atoms with Crippen LogP contribution in [0.15, 0.2) is 24.3 Å². The monoisotopic (exact) mass is 278 g/mol. The molecule has 0 amide bonds. The van der Waals surface area contributed by atoms with Gasteiger partial charge in [-0.05, 0) is 24.4 Å². The summed E-state index contributed by atoms with van der Waals surface area (Å²) < 4.78 is 0. The van der Waals surface area contributed by atoms with Crippen molar-refractivity contribution < 1.29 is 4.79 Å². The molecule has 0 saturated carbocycles. The van der Waals surface area contributed by atoms with E-state index in [-0.39, 0.29) is 10.2 Å². The largest absolute Gasteiger partial charge is 0.376 e. The maximum Gasteiger partial charge on any atom is 0.185 e. The lowest BCUT2D eigenvalue weighted by atomic mass is 10.2. The van der Waals surface area contributed by atoms with Gasteiger partial charge in [-0.2, -0.15) is 0 Å². The van der Waals surface area contributed by atoms with Crippen LogP contribution in [0.1, 0.15) is 18.9 Å². The summed E-state index contributed by atoms with van der Waals surface area (Å²) in [4.78, 5) is 10.7. The zero-order valence-corrected chi connectivity index (χ0v) is 11.7. The molecule has 94 valence electrons. The third-order valence-electron chi connectivity index (χ3n) is 1.94. The number of carbonyl (C=O) groups excluding carboxylic acids is 1. The van der Waals surface area contributed by atoms with Crippen LogP contribution in [-0.4, -0.2) is 16.0 Å². The van der Waals surface area contributed by atoms with E-state index in [9.17, 15) is 4.79 Å². The van der Waals surface area contributed by atoms with Gasteiger partial charge in [0.05, 0.1) is 5.69 Å². The van der Waals surface area contributed by atoms with E-state index < -0.39 is 0 Å². The second kappa shape index (κ2) is 7.75. The normalized spacial score (nSPS) is 9.17. The van der Waals surface area contributed by atoms with Crippen LogP contribution in [0, 0.1) is 11.8 Å². The van der Waals surface area contributed by atoms with Crippen molar-refractivity contribution in [3.63, 3.8) is 0 Å². The van der Waals surface area contributed by atoms with Gasteiger partial charge in [-0.25, -0.2) is 0 Å². The molecule has 0 aliphatic rings. The number of rotatable bonds is 3. The highest BCUT2D eigenvalue weighted by Gasteiger charge is 1.98. The van der Waals surface area contributed by atoms with Crippen molar-refractivity contribution in [3.05, 3.63) is 29.8 Å². The minimum absolute atomic E-state index is 0.118. The maximum absolute atomic E-state index is 10.7. The molecular formula is C13H14N2OS2. The van der Waals surface area contributed by atoms with Crippen molar-refractivity contribution in [1.82, 2.24) is 0 Å². The summed E-state index contributed by atoms with van der Waals surface area (Å²) in [5, 5.41) is 3.22. The Morgan fingerprint density at radius 1 is 1.50 bits per heavy atom. The van der Waals surface area contributed by atoms with Gasteiger partial charge >= 0.3 is 0 Å². The second-order valence-electron chi connectivity index (χ2n) is 3.43. The third-order valence-corrected chi connectivity index (χ3v) is 2.86. The van der Waals surface area contributed by atoms with Gasteiger partial charge in [-0.3, -0.25) is 4.79 Å². The Labute approximate surface area is 117 Å². The quantitative estimate of drug-likeness (QED) is 0.505. The van der Waals surface area contributed by atoms with Crippen LogP contribution in [0.25, 0.3) is 0 Å². The van der Waals surface area contributed by atoms with Crippen molar-refractivity contribution in [2.45, 2.75) is 13.3 Å². The van der Waals surface area contributed by atoms with Crippen LogP contribution in [0.4, 0.5) is 5.69 Å². The van der Waals surface area contributed by atoms with Crippen molar-refractivity contribution in [2.24, 2.45) is 5.73 Å². The first-order valence-electron chi connectivity index (χ1n) is 5.37. The molecule has 0 aliphatic heterocycles. The lowest BCUT2D eigenvalue weighted by Gasteiger charge is -2.05. The average Bonchev–Trinajstić information content (AvgIpc) is 2.29. The van der Waals surface area contributed by atoms with Gasteiger partial charge in [0, 0.05) is 24.7 Å². The number of benzene rings is 1. The van der Waals surface area contributed by atoms with E-state index in [0.29, 0.717) is 12.2 Å². The first-order chi connectivity index (χ1) is 8.59. The fourth-order valence-corrected chi connectivity index (χ4v) is 1.84. The van der Waals surface area contributed by atoms with Gasteiger partial charge in [-0.15, -0.1) is 0 Å². The van der Waals surface area contributed by atoms with Gasteiger partial charge < -0.3 is 11.1 Å². The first-order valence-corrected chi connectivity index (χ1v) is 6.76. The fourth-order valence-electron chi connectivity index (χ4n) is 1.24. The molecule has 0 heterocycles. The molecule has 5 heteroatoms. The van der Waals surface area contributed by atoms with E-state index in [1.54, 1.807) is 6.92 Å². The van der Waals surface area contributed by atoms with Crippen LogP contribution in [0.2, 0.25) is 0 Å². The molecule has 0 spiro atoms. The summed E-state index contributed by atoms with van der Waals surface area (Å²) in [6, 6.07) is 7.55. The van der Waals surface area contributed by atoms with Crippen LogP contribution in [0.3, 0.4) is 0 Å². The Morgan fingerprint density at radius 2 is 2.22 bits per heavy atom. The molecule has 3 nitrogen and oxygen atoms in total. The van der Waals surface area contributed by atoms with Crippen LogP contribution < -0.4 is 11.1 Å². The molecule has 0 aromatic heterocycles. The van der Waals surface area contributed by atoms with Crippen molar-refractivity contribution >= 4 is 39.9 Å². The number of para-hydroxylation sites is 1. The molecule has 0 radical (unpaired) electrons. The van der Waals surface area contributed by atoms with E-state index in [0.717, 1.165) is 11.3 Å². The summed E-state index contributed by atoms with van der Waals surface area (Å²) in [6.07, 6.45) is 0.672. The predicted octanol–water partition coefficient (Wildman–Crippen LogP) is 2.36. The molecule has 0 saturated heterocycles. The zero-order chi connectivity index (χ0) is 13.4. The Hall–Kier alpha value is -1.51. The Morgan fingerprint density at radius 3 is 2.89 bits per heavy atom. The fraction of sp³-hybridized carbons (Fsp3) is 0.231. The van der Waals surface area contributed by atoms with E-state index in [1.165, 1.54) is 11.8 Å².